The molecular formula is C34H37N5O4. The summed E-state index contributed by atoms with van der Waals surface area (Å²) in [6.45, 7) is 0.696. The van der Waals surface area contributed by atoms with Crippen molar-refractivity contribution in [3.63, 3.8) is 0 Å². The highest BCUT2D eigenvalue weighted by atomic mass is 16.3. The Labute approximate surface area is 251 Å². The van der Waals surface area contributed by atoms with Crippen LogP contribution >= 0.6 is 0 Å². The van der Waals surface area contributed by atoms with Gasteiger partial charge < -0.3 is 25.0 Å². The van der Waals surface area contributed by atoms with Gasteiger partial charge in [0, 0.05) is 31.0 Å². The molecule has 3 amide bonds. The van der Waals surface area contributed by atoms with Gasteiger partial charge >= 0.3 is 6.03 Å². The van der Waals surface area contributed by atoms with Gasteiger partial charge in [0.1, 0.15) is 12.2 Å². The van der Waals surface area contributed by atoms with Gasteiger partial charge in [-0.25, -0.2) is 9.78 Å². The van der Waals surface area contributed by atoms with Crippen molar-refractivity contribution in [2.75, 3.05) is 11.9 Å². The normalized spacial score (nSPS) is 22.3. The van der Waals surface area contributed by atoms with Crippen LogP contribution < -0.4 is 5.32 Å². The predicted molar refractivity (Wildman–Crippen MR) is 163 cm³/mol. The number of carbonyl (C=O) groups is 2. The van der Waals surface area contributed by atoms with Gasteiger partial charge in [-0.15, -0.1) is 0 Å². The Morgan fingerprint density at radius 2 is 1.44 bits per heavy atom. The number of rotatable bonds is 10. The molecule has 1 aromatic heterocycles. The average molecular weight is 580 g/mol. The summed E-state index contributed by atoms with van der Waals surface area (Å²) in [6.07, 6.45) is 3.75. The van der Waals surface area contributed by atoms with Crippen LogP contribution in [0.4, 0.5) is 10.7 Å². The van der Waals surface area contributed by atoms with Crippen molar-refractivity contribution in [2.45, 2.75) is 56.5 Å². The van der Waals surface area contributed by atoms with Gasteiger partial charge in [0.2, 0.25) is 5.95 Å². The van der Waals surface area contributed by atoms with Crippen molar-refractivity contribution < 1.29 is 19.8 Å². The first-order valence-corrected chi connectivity index (χ1v) is 14.9. The summed E-state index contributed by atoms with van der Waals surface area (Å²) >= 11 is 0. The molecule has 9 nitrogen and oxygen atoms in total. The number of benzene rings is 3. The van der Waals surface area contributed by atoms with E-state index in [9.17, 15) is 19.8 Å². The molecular weight excluding hydrogens is 542 g/mol. The number of carbonyl (C=O) groups excluding carboxylic acids is 2. The number of nitrogens with one attached hydrogen (secondary N) is 2. The number of aliphatic hydroxyl groups is 2. The maximum Gasteiger partial charge on any atom is 0.321 e. The number of H-pyrrole nitrogens is 1. The lowest BCUT2D eigenvalue weighted by Crippen LogP contribution is -2.51. The van der Waals surface area contributed by atoms with E-state index in [1.54, 1.807) is 40.4 Å². The Morgan fingerprint density at radius 1 is 0.837 bits per heavy atom. The molecule has 2 fully saturated rings. The summed E-state index contributed by atoms with van der Waals surface area (Å²) in [5.41, 5.74) is 3.12. The van der Waals surface area contributed by atoms with Gasteiger partial charge in [-0.05, 0) is 60.4 Å². The standard InChI is InChI=1S/C34H37N5O4/c40-30-28(19-23-8-3-1-4-9-23)38(21-25-14-15-25)34(43)39(29(31(30)41)20-24-10-5-2-6-11-24)22-26-12-7-13-27(18-26)32(42)37-33-35-16-17-36-33/h1-13,16-18,25,28-31,40-41H,14-15,19-22H2,(H2,35,36,37,42)/t28-,29-,30+,31+/m1/s1. The molecule has 4 N–H and O–H groups in total. The van der Waals surface area contributed by atoms with Crippen LogP contribution in [0.5, 0.6) is 0 Å². The number of aromatic nitrogens is 2. The van der Waals surface area contributed by atoms with Crippen LogP contribution in [-0.4, -0.2) is 72.8 Å². The molecule has 0 spiro atoms. The highest BCUT2D eigenvalue weighted by Crippen LogP contribution is 2.35. The summed E-state index contributed by atoms with van der Waals surface area (Å²) in [4.78, 5) is 37.9. The van der Waals surface area contributed by atoms with Gasteiger partial charge in [0.15, 0.2) is 0 Å². The first-order chi connectivity index (χ1) is 21.0. The van der Waals surface area contributed by atoms with E-state index in [1.807, 2.05) is 66.7 Å². The lowest BCUT2D eigenvalue weighted by molar-refractivity contribution is -0.0404. The van der Waals surface area contributed by atoms with Crippen molar-refractivity contribution >= 4 is 17.9 Å². The van der Waals surface area contributed by atoms with Crippen LogP contribution in [0.25, 0.3) is 0 Å². The minimum absolute atomic E-state index is 0.168. The van der Waals surface area contributed by atoms with E-state index in [0.717, 1.165) is 29.5 Å². The van der Waals surface area contributed by atoms with Gasteiger partial charge in [-0.2, -0.15) is 0 Å². The number of hydrogen-bond donors (Lipinski definition) is 4. The number of urea groups is 1. The Kier molecular flexibility index (Phi) is 8.53. The molecule has 1 saturated heterocycles. The number of aliphatic hydroxyl groups excluding tert-OH is 2. The minimum atomic E-state index is -1.19. The molecule has 3 aromatic carbocycles. The van der Waals surface area contributed by atoms with Crippen molar-refractivity contribution in [1.29, 1.82) is 0 Å². The van der Waals surface area contributed by atoms with Gasteiger partial charge in [0.05, 0.1) is 12.1 Å². The third-order valence-corrected chi connectivity index (χ3v) is 8.43. The van der Waals surface area contributed by atoms with E-state index in [4.69, 9.17) is 0 Å². The first-order valence-electron chi connectivity index (χ1n) is 14.9. The fourth-order valence-corrected chi connectivity index (χ4v) is 5.94. The third-order valence-electron chi connectivity index (χ3n) is 8.43. The van der Waals surface area contributed by atoms with Crippen molar-refractivity contribution in [2.24, 2.45) is 5.92 Å². The Morgan fingerprint density at radius 3 is 2.02 bits per heavy atom. The fourth-order valence-electron chi connectivity index (χ4n) is 5.94. The zero-order valence-electron chi connectivity index (χ0n) is 23.9. The van der Waals surface area contributed by atoms with Crippen LogP contribution in [0.1, 0.15) is 39.9 Å². The van der Waals surface area contributed by atoms with E-state index in [0.29, 0.717) is 36.8 Å². The molecule has 43 heavy (non-hydrogen) atoms. The van der Waals surface area contributed by atoms with Crippen LogP contribution in [0.3, 0.4) is 0 Å². The minimum Gasteiger partial charge on any atom is -0.388 e. The van der Waals surface area contributed by atoms with Gasteiger partial charge in [-0.3, -0.25) is 10.1 Å². The molecule has 4 atom stereocenters. The van der Waals surface area contributed by atoms with Gasteiger partial charge in [-0.1, -0.05) is 72.8 Å². The Hall–Kier alpha value is -4.47. The molecule has 222 valence electrons. The zero-order valence-corrected chi connectivity index (χ0v) is 23.9. The molecule has 1 aliphatic heterocycles. The van der Waals surface area contributed by atoms with Crippen molar-refractivity contribution in [3.05, 3.63) is 120 Å². The molecule has 0 radical (unpaired) electrons. The molecule has 0 unspecified atom stereocenters. The van der Waals surface area contributed by atoms with E-state index < -0.39 is 24.3 Å². The largest absolute Gasteiger partial charge is 0.388 e. The molecule has 9 heteroatoms. The molecule has 1 aliphatic carbocycles. The zero-order chi connectivity index (χ0) is 29.8. The van der Waals surface area contributed by atoms with Crippen molar-refractivity contribution in [3.8, 4) is 0 Å². The lowest BCUT2D eigenvalue weighted by atomic mass is 9.91. The second-order valence-electron chi connectivity index (χ2n) is 11.6. The number of aromatic amines is 1. The lowest BCUT2D eigenvalue weighted by Gasteiger charge is -2.36. The van der Waals surface area contributed by atoms with Crippen LogP contribution in [-0.2, 0) is 19.4 Å². The monoisotopic (exact) mass is 579 g/mol. The summed E-state index contributed by atoms with van der Waals surface area (Å²) < 4.78 is 0. The molecule has 4 aromatic rings. The molecule has 6 rings (SSSR count). The highest BCUT2D eigenvalue weighted by Gasteiger charge is 2.47. The van der Waals surface area contributed by atoms with Crippen LogP contribution in [0.15, 0.2) is 97.3 Å². The number of amides is 3. The molecule has 2 aliphatic rings. The van der Waals surface area contributed by atoms with Gasteiger partial charge in [0.25, 0.3) is 5.91 Å². The SMILES string of the molecule is O=C(Nc1ncc[nH]1)c1cccc(CN2C(=O)N(CC3CC3)[C@H](Cc3ccccc3)[C@H](O)[C@@H](O)[C@H]2Cc2ccccc2)c1. The predicted octanol–water partition coefficient (Wildman–Crippen LogP) is 4.25. The topological polar surface area (TPSA) is 122 Å². The number of hydrogen-bond acceptors (Lipinski definition) is 5. The Bertz CT molecular complexity index is 1510. The van der Waals surface area contributed by atoms with E-state index in [2.05, 4.69) is 15.3 Å². The Balaban J connectivity index is 1.34. The highest BCUT2D eigenvalue weighted by molar-refractivity contribution is 6.03. The van der Waals surface area contributed by atoms with E-state index >= 15 is 0 Å². The summed E-state index contributed by atoms with van der Waals surface area (Å²) in [5, 5.41) is 26.3. The maximum atomic E-state index is 14.6. The molecule has 1 saturated carbocycles. The van der Waals surface area contributed by atoms with E-state index in [1.165, 1.54) is 0 Å². The summed E-state index contributed by atoms with van der Waals surface area (Å²) in [5.74, 6) is 0.402. The third kappa shape index (κ3) is 6.79. The average Bonchev–Trinajstić information content (AvgIpc) is 3.73. The number of nitrogens with zero attached hydrogens (tertiary/aromatic N) is 3. The van der Waals surface area contributed by atoms with Crippen LogP contribution in [0.2, 0.25) is 0 Å². The smallest absolute Gasteiger partial charge is 0.321 e. The second kappa shape index (κ2) is 12.8. The summed E-state index contributed by atoms with van der Waals surface area (Å²) in [7, 11) is 0. The maximum absolute atomic E-state index is 14.6. The number of anilines is 1. The molecule has 0 bridgehead atoms. The quantitative estimate of drug-likeness (QED) is 0.224. The second-order valence-corrected chi connectivity index (χ2v) is 11.6. The van der Waals surface area contributed by atoms with Crippen LogP contribution in [0, 0.1) is 5.92 Å². The van der Waals surface area contributed by atoms with Crippen molar-refractivity contribution in [1.82, 2.24) is 19.8 Å². The summed E-state index contributed by atoms with van der Waals surface area (Å²) in [6, 6.07) is 25.2. The first kappa shape index (κ1) is 28.6. The number of imidazole rings is 1. The fraction of sp³-hybridized carbons (Fsp3) is 0.324. The van der Waals surface area contributed by atoms with E-state index in [-0.39, 0.29) is 18.5 Å². The molecule has 2 heterocycles.